The molecule has 3 N–H and O–H groups in total. The summed E-state index contributed by atoms with van der Waals surface area (Å²) in [6, 6.07) is 8.00. The van der Waals surface area contributed by atoms with Crippen LogP contribution in [0.5, 0.6) is 0 Å². The fraction of sp³-hybridized carbons (Fsp3) is 0.435. The summed E-state index contributed by atoms with van der Waals surface area (Å²) in [5, 5.41) is 46.7. The summed E-state index contributed by atoms with van der Waals surface area (Å²) in [6.07, 6.45) is -1.23. The summed E-state index contributed by atoms with van der Waals surface area (Å²) >= 11 is 0. The van der Waals surface area contributed by atoms with Gasteiger partial charge in [0.2, 0.25) is 0 Å². The van der Waals surface area contributed by atoms with E-state index in [-0.39, 0.29) is 13.2 Å². The van der Waals surface area contributed by atoms with Crippen LogP contribution in [-0.4, -0.2) is 45.0 Å². The van der Waals surface area contributed by atoms with Crippen LogP contribution in [0.1, 0.15) is 51.7 Å². The highest BCUT2D eigenvalue weighted by Gasteiger charge is 2.38. The number of rotatable bonds is 4. The normalized spacial score (nSPS) is 18.8. The van der Waals surface area contributed by atoms with Gasteiger partial charge in [-0.25, -0.2) is 4.79 Å². The van der Waals surface area contributed by atoms with E-state index in [0.29, 0.717) is 33.7 Å². The zero-order valence-electron chi connectivity index (χ0n) is 18.8. The van der Waals surface area contributed by atoms with Crippen molar-refractivity contribution in [2.75, 3.05) is 18.5 Å². The smallest absolute Gasteiger partial charge is 0.432 e. The minimum absolute atomic E-state index is 0.152. The van der Waals surface area contributed by atoms with Crippen molar-refractivity contribution in [3.8, 4) is 12.1 Å². The molecule has 2 unspecified atom stereocenters. The number of carboxylic acid groups (broad SMARTS) is 1. The number of anilines is 1. The van der Waals surface area contributed by atoms with Crippen molar-refractivity contribution in [2.24, 2.45) is 10.9 Å². The second-order valence-electron chi connectivity index (χ2n) is 8.82. The zero-order valence-corrected chi connectivity index (χ0v) is 18.8. The zero-order chi connectivity index (χ0) is 23.8. The topological polar surface area (TPSA) is 147 Å². The summed E-state index contributed by atoms with van der Waals surface area (Å²) in [4.78, 5) is 16.3. The van der Waals surface area contributed by atoms with Crippen molar-refractivity contribution in [3.05, 3.63) is 34.5 Å². The van der Waals surface area contributed by atoms with Gasteiger partial charge in [0.15, 0.2) is 5.82 Å². The maximum absolute atomic E-state index is 11.8. The lowest BCUT2D eigenvalue weighted by molar-refractivity contribution is 0.194. The standard InChI is InChI=1S/C23H26N6O3/c1-12-15(10-24)18(16(11-25)13(2)27-12)14-6-7-17-19(20(14)23(3,4)5)21(26-8-9-30)28-29(17)22(31)32/h6-7,15,18,30H,8-9H2,1-5H3,(H,26,28)(H,31,32). The lowest BCUT2D eigenvalue weighted by atomic mass is 9.70. The number of hydrogen-bond acceptors (Lipinski definition) is 7. The van der Waals surface area contributed by atoms with E-state index >= 15 is 0 Å². The monoisotopic (exact) mass is 434 g/mol. The van der Waals surface area contributed by atoms with Gasteiger partial charge in [-0.05, 0) is 36.5 Å². The van der Waals surface area contributed by atoms with Gasteiger partial charge in [-0.1, -0.05) is 26.8 Å². The Labute approximate surface area is 186 Å². The maximum atomic E-state index is 11.8. The molecule has 1 aliphatic heterocycles. The van der Waals surface area contributed by atoms with E-state index < -0.39 is 23.3 Å². The first-order valence-corrected chi connectivity index (χ1v) is 10.3. The minimum Gasteiger partial charge on any atom is -0.463 e. The van der Waals surface area contributed by atoms with E-state index in [1.807, 2.05) is 20.8 Å². The van der Waals surface area contributed by atoms with Crippen LogP contribution in [0.4, 0.5) is 10.6 Å². The summed E-state index contributed by atoms with van der Waals surface area (Å²) in [7, 11) is 0. The van der Waals surface area contributed by atoms with Crippen molar-refractivity contribution < 1.29 is 15.0 Å². The number of nitrogens with one attached hydrogen (secondary N) is 1. The average Bonchev–Trinajstić information content (AvgIpc) is 3.09. The Morgan fingerprint density at radius 2 is 1.97 bits per heavy atom. The molecule has 32 heavy (non-hydrogen) atoms. The third kappa shape index (κ3) is 3.72. The number of aliphatic hydroxyl groups is 1. The molecule has 0 saturated carbocycles. The predicted octanol–water partition coefficient (Wildman–Crippen LogP) is 3.76. The van der Waals surface area contributed by atoms with Gasteiger partial charge in [-0.2, -0.15) is 15.2 Å². The van der Waals surface area contributed by atoms with E-state index in [1.165, 1.54) is 0 Å². The second kappa shape index (κ2) is 8.45. The molecular weight excluding hydrogens is 408 g/mol. The minimum atomic E-state index is -1.23. The maximum Gasteiger partial charge on any atom is 0.432 e. The van der Waals surface area contributed by atoms with Crippen LogP contribution in [-0.2, 0) is 5.41 Å². The van der Waals surface area contributed by atoms with Crippen LogP contribution in [0.3, 0.4) is 0 Å². The number of aliphatic hydroxyl groups excluding tert-OH is 1. The Balaban J connectivity index is 2.46. The first kappa shape index (κ1) is 23.0. The van der Waals surface area contributed by atoms with E-state index in [1.54, 1.807) is 26.0 Å². The van der Waals surface area contributed by atoms with Crippen LogP contribution >= 0.6 is 0 Å². The third-order valence-corrected chi connectivity index (χ3v) is 5.64. The molecule has 9 nitrogen and oxygen atoms in total. The largest absolute Gasteiger partial charge is 0.463 e. The van der Waals surface area contributed by atoms with Crippen molar-refractivity contribution in [1.82, 2.24) is 9.78 Å². The molecule has 0 bridgehead atoms. The molecule has 0 radical (unpaired) electrons. The second-order valence-corrected chi connectivity index (χ2v) is 8.82. The molecule has 0 saturated heterocycles. The summed E-state index contributed by atoms with van der Waals surface area (Å²) in [6.45, 7) is 9.56. The lowest BCUT2D eigenvalue weighted by Gasteiger charge is -2.32. The highest BCUT2D eigenvalue weighted by atomic mass is 16.4. The van der Waals surface area contributed by atoms with Gasteiger partial charge in [0.05, 0.1) is 41.5 Å². The Bertz CT molecular complexity index is 1230. The van der Waals surface area contributed by atoms with Gasteiger partial charge < -0.3 is 15.5 Å². The Morgan fingerprint density at radius 3 is 2.50 bits per heavy atom. The van der Waals surface area contributed by atoms with Gasteiger partial charge >= 0.3 is 6.09 Å². The van der Waals surface area contributed by atoms with E-state index in [2.05, 4.69) is 27.5 Å². The molecule has 0 aliphatic carbocycles. The molecule has 1 aromatic carbocycles. The summed E-state index contributed by atoms with van der Waals surface area (Å²) in [5.74, 6) is -0.840. The van der Waals surface area contributed by atoms with Gasteiger partial charge in [-0.15, -0.1) is 5.10 Å². The SMILES string of the molecule is CC1=NC(C)=C(C#N)C(c2ccc3c(c(NCCO)nn3C(=O)O)c2C(C)(C)C)C1C#N. The number of benzene rings is 1. The van der Waals surface area contributed by atoms with Gasteiger partial charge in [0.25, 0.3) is 0 Å². The van der Waals surface area contributed by atoms with Crippen molar-refractivity contribution in [2.45, 2.75) is 46.0 Å². The fourth-order valence-corrected chi connectivity index (χ4v) is 4.42. The van der Waals surface area contributed by atoms with Crippen LogP contribution in [0.15, 0.2) is 28.4 Å². The number of carbonyl (C=O) groups is 1. The molecule has 3 rings (SSSR count). The molecule has 0 amide bonds. The van der Waals surface area contributed by atoms with Crippen LogP contribution in [0.25, 0.3) is 10.9 Å². The van der Waals surface area contributed by atoms with Gasteiger partial charge in [-0.3, -0.25) is 4.99 Å². The van der Waals surface area contributed by atoms with Crippen LogP contribution in [0, 0.1) is 28.6 Å². The molecule has 1 aromatic heterocycles. The Hall–Kier alpha value is -3.69. The van der Waals surface area contributed by atoms with Crippen molar-refractivity contribution in [3.63, 3.8) is 0 Å². The van der Waals surface area contributed by atoms with Crippen LogP contribution < -0.4 is 5.32 Å². The van der Waals surface area contributed by atoms with Gasteiger partial charge in [0.1, 0.15) is 0 Å². The quantitative estimate of drug-likeness (QED) is 0.663. The van der Waals surface area contributed by atoms with E-state index in [0.717, 1.165) is 15.8 Å². The molecule has 2 heterocycles. The Morgan fingerprint density at radius 1 is 1.28 bits per heavy atom. The summed E-state index contributed by atoms with van der Waals surface area (Å²) < 4.78 is 0.899. The summed E-state index contributed by atoms with van der Waals surface area (Å²) in [5.41, 5.74) is 3.09. The first-order chi connectivity index (χ1) is 15.1. The molecule has 2 aromatic rings. The molecular formula is C23H26N6O3. The number of aliphatic imine (C=N–C) groups is 1. The average molecular weight is 435 g/mol. The van der Waals surface area contributed by atoms with Crippen molar-refractivity contribution in [1.29, 1.82) is 10.5 Å². The lowest BCUT2D eigenvalue weighted by Crippen LogP contribution is -2.28. The number of nitriles is 2. The first-order valence-electron chi connectivity index (χ1n) is 10.3. The van der Waals surface area contributed by atoms with Crippen molar-refractivity contribution >= 4 is 28.5 Å². The molecule has 0 fully saturated rings. The van der Waals surface area contributed by atoms with Crippen LogP contribution in [0.2, 0.25) is 0 Å². The molecule has 9 heteroatoms. The molecule has 166 valence electrons. The number of fused-ring (bicyclic) bond motifs is 1. The fourth-order valence-electron chi connectivity index (χ4n) is 4.42. The predicted molar refractivity (Wildman–Crippen MR) is 121 cm³/mol. The number of hydrogen-bond donors (Lipinski definition) is 3. The molecule has 2 atom stereocenters. The highest BCUT2D eigenvalue weighted by Crippen LogP contribution is 2.46. The van der Waals surface area contributed by atoms with E-state index in [9.17, 15) is 25.5 Å². The third-order valence-electron chi connectivity index (χ3n) is 5.64. The van der Waals surface area contributed by atoms with Gasteiger partial charge in [0, 0.05) is 23.6 Å². The number of aromatic nitrogens is 2. The highest BCUT2D eigenvalue weighted by molar-refractivity contribution is 5.99. The molecule has 0 spiro atoms. The molecule has 1 aliphatic rings. The van der Waals surface area contributed by atoms with E-state index in [4.69, 9.17) is 0 Å². The Kier molecular flexibility index (Phi) is 6.07. The number of allylic oxidation sites excluding steroid dienone is 2. The number of nitrogens with zero attached hydrogens (tertiary/aromatic N) is 5.